The third-order valence-electron chi connectivity index (χ3n) is 9.26. The zero-order valence-corrected chi connectivity index (χ0v) is 26.8. The average Bonchev–Trinajstić information content (AvgIpc) is 3.47. The number of hydrogen-bond acceptors (Lipinski definition) is 9. The Labute approximate surface area is 269 Å². The van der Waals surface area contributed by atoms with Crippen molar-refractivity contribution in [2.24, 2.45) is 0 Å². The highest BCUT2D eigenvalue weighted by molar-refractivity contribution is 6.36. The molecule has 3 aliphatic rings. The van der Waals surface area contributed by atoms with Gasteiger partial charge in [0.2, 0.25) is 0 Å². The normalized spacial score (nSPS) is 20.3. The number of carbonyl (C=O) groups excluding carboxylic acids is 1. The fourth-order valence-electron chi connectivity index (χ4n) is 6.85. The molecule has 1 amide bonds. The number of rotatable bonds is 9. The summed E-state index contributed by atoms with van der Waals surface area (Å²) >= 11 is 6.71. The van der Waals surface area contributed by atoms with Gasteiger partial charge in [-0.1, -0.05) is 42.4 Å². The molecule has 0 N–H and O–H groups in total. The summed E-state index contributed by atoms with van der Waals surface area (Å²) in [6.07, 6.45) is 3.19. The Kier molecular flexibility index (Phi) is 9.40. The summed E-state index contributed by atoms with van der Waals surface area (Å²) in [6.45, 7) is 8.53. The van der Waals surface area contributed by atoms with Gasteiger partial charge in [-0.2, -0.15) is 15.2 Å². The van der Waals surface area contributed by atoms with E-state index in [2.05, 4.69) is 58.7 Å². The van der Waals surface area contributed by atoms with Crippen LogP contribution in [0.4, 0.5) is 11.5 Å². The fourth-order valence-corrected chi connectivity index (χ4v) is 7.13. The molecule has 10 nitrogen and oxygen atoms in total. The molecule has 3 aromatic rings. The highest BCUT2D eigenvalue weighted by Gasteiger charge is 2.35. The molecular formula is C34H40ClN7O3. The molecular weight excluding hydrogens is 590 g/mol. The van der Waals surface area contributed by atoms with Gasteiger partial charge >= 0.3 is 6.01 Å². The Hall–Kier alpha value is -3.91. The highest BCUT2D eigenvalue weighted by Crippen LogP contribution is 2.37. The summed E-state index contributed by atoms with van der Waals surface area (Å²) < 4.78 is 11.5. The number of carbonyl (C=O) groups is 1. The average molecular weight is 630 g/mol. The van der Waals surface area contributed by atoms with Crippen molar-refractivity contribution < 1.29 is 14.3 Å². The quantitative estimate of drug-likeness (QED) is 0.318. The number of hydrogen-bond donors (Lipinski definition) is 0. The van der Waals surface area contributed by atoms with E-state index in [0.29, 0.717) is 50.4 Å². The molecule has 2 fully saturated rings. The molecule has 11 heteroatoms. The minimum Gasteiger partial charge on any atom is -0.462 e. The van der Waals surface area contributed by atoms with Gasteiger partial charge in [0.25, 0.3) is 5.91 Å². The third kappa shape index (κ3) is 6.43. The van der Waals surface area contributed by atoms with Crippen LogP contribution in [0.15, 0.2) is 48.6 Å². The van der Waals surface area contributed by atoms with E-state index in [1.54, 1.807) is 12.0 Å². The molecule has 0 bridgehead atoms. The van der Waals surface area contributed by atoms with Crippen molar-refractivity contribution in [2.45, 2.75) is 44.3 Å². The van der Waals surface area contributed by atoms with E-state index in [1.165, 1.54) is 0 Å². The van der Waals surface area contributed by atoms with Crippen molar-refractivity contribution in [3.63, 3.8) is 0 Å². The Morgan fingerprint density at radius 1 is 1.11 bits per heavy atom. The number of nitrogens with zero attached hydrogens (tertiary/aromatic N) is 7. The minimum atomic E-state index is -0.301. The lowest BCUT2D eigenvalue weighted by Gasteiger charge is -2.42. The Morgan fingerprint density at radius 3 is 2.69 bits per heavy atom. The van der Waals surface area contributed by atoms with Crippen LogP contribution >= 0.6 is 11.6 Å². The van der Waals surface area contributed by atoms with E-state index in [4.69, 9.17) is 31.0 Å². The van der Waals surface area contributed by atoms with Crippen LogP contribution in [0.1, 0.15) is 30.5 Å². The van der Waals surface area contributed by atoms with E-state index >= 15 is 0 Å². The molecule has 1 aromatic heterocycles. The van der Waals surface area contributed by atoms with Crippen LogP contribution in [0.5, 0.6) is 6.01 Å². The third-order valence-corrected chi connectivity index (χ3v) is 9.58. The number of aromatic nitrogens is 2. The zero-order chi connectivity index (χ0) is 31.5. The Bertz CT molecular complexity index is 1620. The maximum absolute atomic E-state index is 13.2. The molecule has 6 rings (SSSR count). The standard InChI is InChI=1S/C34H40ClN7O3/c1-23(21-44-3)33(43)42-18-17-41(19-25(42)12-14-36)32-27-13-16-40(30-11-5-8-24-7-4-10-28(35)31(24)30)20-29(27)37-34(38-32)45-22-26-9-6-15-39(26)2/h4-5,7-8,10-11,25-26H,1,6,9,12-13,15-22H2,2-3H3/t25-,26-/m0/s1. The van der Waals surface area contributed by atoms with E-state index in [0.717, 1.165) is 70.9 Å². The number of fused-ring (bicyclic) bond motifs is 2. The van der Waals surface area contributed by atoms with Gasteiger partial charge in [-0.15, -0.1) is 0 Å². The van der Waals surface area contributed by atoms with Gasteiger partial charge in [-0.3, -0.25) is 4.79 Å². The van der Waals surface area contributed by atoms with Crippen molar-refractivity contribution >= 4 is 39.8 Å². The van der Waals surface area contributed by atoms with E-state index in [-0.39, 0.29) is 25.0 Å². The Morgan fingerprint density at radius 2 is 1.93 bits per heavy atom. The number of piperazine rings is 1. The summed E-state index contributed by atoms with van der Waals surface area (Å²) in [5.41, 5.74) is 3.47. The van der Waals surface area contributed by atoms with Crippen LogP contribution in [-0.4, -0.2) is 97.9 Å². The van der Waals surface area contributed by atoms with E-state index in [9.17, 15) is 10.1 Å². The largest absolute Gasteiger partial charge is 0.462 e. The Balaban J connectivity index is 1.32. The maximum Gasteiger partial charge on any atom is 0.318 e. The van der Waals surface area contributed by atoms with Crippen LogP contribution in [0.2, 0.25) is 5.02 Å². The molecule has 3 aliphatic heterocycles. The highest BCUT2D eigenvalue weighted by atomic mass is 35.5. The maximum atomic E-state index is 13.2. The van der Waals surface area contributed by atoms with Crippen molar-refractivity contribution in [1.82, 2.24) is 19.8 Å². The summed E-state index contributed by atoms with van der Waals surface area (Å²) in [5, 5.41) is 12.5. The fraction of sp³-hybridized carbons (Fsp3) is 0.471. The molecule has 45 heavy (non-hydrogen) atoms. The second kappa shape index (κ2) is 13.6. The van der Waals surface area contributed by atoms with Crippen LogP contribution in [0.3, 0.4) is 0 Å². The molecule has 0 aliphatic carbocycles. The van der Waals surface area contributed by atoms with Crippen molar-refractivity contribution in [3.8, 4) is 12.1 Å². The van der Waals surface area contributed by atoms with Gasteiger partial charge in [0.15, 0.2) is 0 Å². The van der Waals surface area contributed by atoms with Gasteiger partial charge in [0.05, 0.1) is 42.4 Å². The first-order chi connectivity index (χ1) is 21.9. The van der Waals surface area contributed by atoms with Gasteiger partial charge in [0.1, 0.15) is 12.4 Å². The number of ether oxygens (including phenoxy) is 2. The molecule has 2 saturated heterocycles. The summed E-state index contributed by atoms with van der Waals surface area (Å²) in [7, 11) is 3.67. The van der Waals surface area contributed by atoms with Gasteiger partial charge < -0.3 is 29.1 Å². The number of likely N-dealkylation sites (tertiary alicyclic amines) is 1. The van der Waals surface area contributed by atoms with Crippen LogP contribution < -0.4 is 14.5 Å². The first kappa shape index (κ1) is 31.1. The monoisotopic (exact) mass is 629 g/mol. The van der Waals surface area contributed by atoms with Crippen molar-refractivity contribution in [1.29, 1.82) is 5.26 Å². The number of anilines is 2. The zero-order valence-electron chi connectivity index (χ0n) is 26.0. The predicted octanol–water partition coefficient (Wildman–Crippen LogP) is 4.45. The smallest absolute Gasteiger partial charge is 0.318 e. The van der Waals surface area contributed by atoms with Crippen LogP contribution in [0.25, 0.3) is 10.8 Å². The van der Waals surface area contributed by atoms with Crippen molar-refractivity contribution in [3.05, 3.63) is 64.8 Å². The molecule has 2 atom stereocenters. The van der Waals surface area contributed by atoms with Gasteiger partial charge in [-0.05, 0) is 50.4 Å². The van der Waals surface area contributed by atoms with Crippen LogP contribution in [0, 0.1) is 11.3 Å². The number of benzene rings is 2. The van der Waals surface area contributed by atoms with Gasteiger partial charge in [0, 0.05) is 61.5 Å². The number of halogens is 1. The first-order valence-corrected chi connectivity index (χ1v) is 16.0. The number of likely N-dealkylation sites (N-methyl/N-ethyl adjacent to an activating group) is 1. The second-order valence-corrected chi connectivity index (χ2v) is 12.5. The number of nitriles is 1. The molecule has 0 spiro atoms. The number of methoxy groups -OCH3 is 1. The lowest BCUT2D eigenvalue weighted by atomic mass is 10.0. The van der Waals surface area contributed by atoms with Gasteiger partial charge in [-0.25, -0.2) is 0 Å². The minimum absolute atomic E-state index is 0.160. The molecule has 2 aromatic carbocycles. The van der Waals surface area contributed by atoms with Crippen molar-refractivity contribution in [2.75, 3.05) is 69.9 Å². The van der Waals surface area contributed by atoms with Crippen LogP contribution in [-0.2, 0) is 22.5 Å². The van der Waals surface area contributed by atoms with E-state index in [1.807, 2.05) is 12.1 Å². The molecule has 236 valence electrons. The van der Waals surface area contributed by atoms with E-state index < -0.39 is 0 Å². The first-order valence-electron chi connectivity index (χ1n) is 15.6. The SMILES string of the molecule is C=C(COC)C(=O)N1CCN(c2nc(OC[C@@H]3CCCN3C)nc3c2CCN(c2cccc4cccc(Cl)c24)C3)C[C@@H]1CC#N. The molecule has 0 radical (unpaired) electrons. The second-order valence-electron chi connectivity index (χ2n) is 12.1. The summed E-state index contributed by atoms with van der Waals surface area (Å²) in [4.78, 5) is 31.8. The number of amides is 1. The molecule has 0 unspecified atom stereocenters. The predicted molar refractivity (Wildman–Crippen MR) is 176 cm³/mol. The summed E-state index contributed by atoms with van der Waals surface area (Å²) in [5.74, 6) is 0.659. The molecule has 0 saturated carbocycles. The topological polar surface area (TPSA) is 98.1 Å². The molecule has 4 heterocycles. The lowest BCUT2D eigenvalue weighted by molar-refractivity contribution is -0.130. The summed E-state index contributed by atoms with van der Waals surface area (Å²) in [6, 6.07) is 14.9. The lowest BCUT2D eigenvalue weighted by Crippen LogP contribution is -2.56.